The van der Waals surface area contributed by atoms with Gasteiger partial charge in [0, 0.05) is 5.69 Å². The van der Waals surface area contributed by atoms with Crippen LogP contribution in [0.3, 0.4) is 0 Å². The van der Waals surface area contributed by atoms with Crippen LogP contribution in [0.2, 0.25) is 0 Å². The van der Waals surface area contributed by atoms with E-state index >= 15 is 0 Å². The van der Waals surface area contributed by atoms with Gasteiger partial charge in [-0.05, 0) is 72.6 Å². The maximum Gasteiger partial charge on any atom is 0.287 e. The normalized spacial score (nSPS) is 15.1. The van der Waals surface area contributed by atoms with E-state index in [1.165, 1.54) is 22.9 Å². The molecule has 26 heavy (non-hydrogen) atoms. The number of benzene rings is 2. The standard InChI is InChI=1S/C20H20N2O3S/c1-13-4-7-16(10-14(13)2)21-12-25-20-22-19(23)18(26-20)11-15-5-8-17(24-3)9-6-15/h4-11,21H,12H2,1-3H3/b18-11-. The Morgan fingerprint density at radius 1 is 1.12 bits per heavy atom. The summed E-state index contributed by atoms with van der Waals surface area (Å²) < 4.78 is 10.7. The highest BCUT2D eigenvalue weighted by molar-refractivity contribution is 8.18. The van der Waals surface area contributed by atoms with Crippen LogP contribution >= 0.6 is 11.8 Å². The Morgan fingerprint density at radius 2 is 1.88 bits per heavy atom. The second-order valence-corrected chi connectivity index (χ2v) is 6.82. The Bertz CT molecular complexity index is 873. The first kappa shape index (κ1) is 18.1. The van der Waals surface area contributed by atoms with E-state index in [1.807, 2.05) is 30.3 Å². The molecular weight excluding hydrogens is 348 g/mol. The summed E-state index contributed by atoms with van der Waals surface area (Å²) in [5, 5.41) is 3.52. The van der Waals surface area contributed by atoms with Gasteiger partial charge in [-0.25, -0.2) is 0 Å². The number of nitrogens with one attached hydrogen (secondary N) is 1. The third kappa shape index (κ3) is 4.46. The third-order valence-corrected chi connectivity index (χ3v) is 4.89. The molecule has 0 bridgehead atoms. The molecule has 3 rings (SSSR count). The summed E-state index contributed by atoms with van der Waals surface area (Å²) in [6.07, 6.45) is 1.79. The topological polar surface area (TPSA) is 59.9 Å². The summed E-state index contributed by atoms with van der Waals surface area (Å²) in [6.45, 7) is 4.38. The summed E-state index contributed by atoms with van der Waals surface area (Å²) in [4.78, 5) is 16.5. The number of hydrogen-bond donors (Lipinski definition) is 1. The zero-order chi connectivity index (χ0) is 18.5. The minimum absolute atomic E-state index is 0.247. The predicted molar refractivity (Wildman–Crippen MR) is 106 cm³/mol. The molecule has 0 spiro atoms. The lowest BCUT2D eigenvalue weighted by molar-refractivity contribution is -0.113. The molecule has 0 atom stereocenters. The van der Waals surface area contributed by atoms with Crippen molar-refractivity contribution in [2.45, 2.75) is 13.8 Å². The van der Waals surface area contributed by atoms with Gasteiger partial charge < -0.3 is 14.8 Å². The molecule has 1 amide bonds. The summed E-state index contributed by atoms with van der Waals surface area (Å²) in [7, 11) is 1.62. The van der Waals surface area contributed by atoms with Crippen LogP contribution in [0.1, 0.15) is 16.7 Å². The molecule has 2 aromatic carbocycles. The van der Waals surface area contributed by atoms with Crippen molar-refractivity contribution in [1.82, 2.24) is 0 Å². The number of amides is 1. The van der Waals surface area contributed by atoms with E-state index in [-0.39, 0.29) is 12.6 Å². The molecule has 0 fully saturated rings. The zero-order valence-corrected chi connectivity index (χ0v) is 15.7. The molecule has 134 valence electrons. The number of nitrogens with zero attached hydrogens (tertiary/aromatic N) is 1. The first-order valence-corrected chi connectivity index (χ1v) is 8.97. The molecule has 1 heterocycles. The maximum absolute atomic E-state index is 12.0. The van der Waals surface area contributed by atoms with Crippen LogP contribution in [0.25, 0.3) is 6.08 Å². The highest BCUT2D eigenvalue weighted by atomic mass is 32.2. The van der Waals surface area contributed by atoms with Crippen molar-refractivity contribution in [2.24, 2.45) is 4.99 Å². The van der Waals surface area contributed by atoms with Gasteiger partial charge in [-0.3, -0.25) is 4.79 Å². The van der Waals surface area contributed by atoms with E-state index in [2.05, 4.69) is 36.3 Å². The molecule has 0 aliphatic carbocycles. The lowest BCUT2D eigenvalue weighted by atomic mass is 10.1. The lowest BCUT2D eigenvalue weighted by Gasteiger charge is -2.09. The Hall–Kier alpha value is -2.73. The highest BCUT2D eigenvalue weighted by Gasteiger charge is 2.23. The second-order valence-electron chi connectivity index (χ2n) is 5.83. The van der Waals surface area contributed by atoms with E-state index in [0.29, 0.717) is 10.1 Å². The van der Waals surface area contributed by atoms with E-state index in [0.717, 1.165) is 17.0 Å². The van der Waals surface area contributed by atoms with Crippen molar-refractivity contribution in [2.75, 3.05) is 19.2 Å². The van der Waals surface area contributed by atoms with Gasteiger partial charge in [0.2, 0.25) is 0 Å². The van der Waals surface area contributed by atoms with E-state index < -0.39 is 0 Å². The molecule has 0 radical (unpaired) electrons. The van der Waals surface area contributed by atoms with Crippen LogP contribution in [0, 0.1) is 13.8 Å². The smallest absolute Gasteiger partial charge is 0.287 e. The Balaban J connectivity index is 1.55. The number of rotatable bonds is 5. The van der Waals surface area contributed by atoms with Crippen molar-refractivity contribution >= 4 is 34.7 Å². The molecular formula is C20H20N2O3S. The SMILES string of the molecule is COc1ccc(/C=C2\SC(OCNc3ccc(C)c(C)c3)=NC2=O)cc1. The Labute approximate surface area is 157 Å². The Kier molecular flexibility index (Phi) is 5.63. The molecule has 2 aromatic rings. The maximum atomic E-state index is 12.0. The van der Waals surface area contributed by atoms with Crippen LogP contribution < -0.4 is 10.1 Å². The van der Waals surface area contributed by atoms with Crippen LogP contribution in [-0.4, -0.2) is 25.0 Å². The minimum atomic E-state index is -0.285. The van der Waals surface area contributed by atoms with Gasteiger partial charge in [-0.15, -0.1) is 0 Å². The van der Waals surface area contributed by atoms with Gasteiger partial charge in [0.15, 0.2) is 6.73 Å². The first-order chi connectivity index (χ1) is 12.5. The highest BCUT2D eigenvalue weighted by Crippen LogP contribution is 2.29. The van der Waals surface area contributed by atoms with Crippen molar-refractivity contribution in [3.63, 3.8) is 0 Å². The predicted octanol–water partition coefficient (Wildman–Crippen LogP) is 4.37. The van der Waals surface area contributed by atoms with Crippen molar-refractivity contribution in [3.05, 3.63) is 64.1 Å². The van der Waals surface area contributed by atoms with E-state index in [9.17, 15) is 4.79 Å². The molecule has 0 unspecified atom stereocenters. The molecule has 6 heteroatoms. The van der Waals surface area contributed by atoms with Gasteiger partial charge in [0.05, 0.1) is 12.0 Å². The molecule has 1 N–H and O–H groups in total. The first-order valence-electron chi connectivity index (χ1n) is 8.16. The number of carbonyl (C=O) groups excluding carboxylic acids is 1. The average Bonchev–Trinajstić information content (AvgIpc) is 2.98. The van der Waals surface area contributed by atoms with Gasteiger partial charge in [-0.2, -0.15) is 4.99 Å². The lowest BCUT2D eigenvalue weighted by Crippen LogP contribution is -2.09. The fourth-order valence-corrected chi connectivity index (χ4v) is 3.10. The van der Waals surface area contributed by atoms with Gasteiger partial charge in [0.25, 0.3) is 11.1 Å². The summed E-state index contributed by atoms with van der Waals surface area (Å²) >= 11 is 1.23. The second kappa shape index (κ2) is 8.10. The third-order valence-electron chi connectivity index (χ3n) is 3.99. The number of carbonyl (C=O) groups is 1. The van der Waals surface area contributed by atoms with Crippen LogP contribution in [-0.2, 0) is 9.53 Å². The monoisotopic (exact) mass is 368 g/mol. The molecule has 1 aliphatic rings. The van der Waals surface area contributed by atoms with Crippen LogP contribution in [0.15, 0.2) is 52.4 Å². The van der Waals surface area contributed by atoms with Gasteiger partial charge in [0.1, 0.15) is 5.75 Å². The molecule has 0 saturated carbocycles. The average molecular weight is 368 g/mol. The van der Waals surface area contributed by atoms with Crippen molar-refractivity contribution in [1.29, 1.82) is 0 Å². The molecule has 0 saturated heterocycles. The largest absolute Gasteiger partial charge is 0.497 e. The number of anilines is 1. The van der Waals surface area contributed by atoms with Crippen LogP contribution in [0.4, 0.5) is 5.69 Å². The summed E-state index contributed by atoms with van der Waals surface area (Å²) in [6, 6.07) is 13.6. The number of thioether (sulfide) groups is 1. The summed E-state index contributed by atoms with van der Waals surface area (Å²) in [5.74, 6) is 0.488. The number of ether oxygens (including phenoxy) is 2. The number of methoxy groups -OCH3 is 1. The van der Waals surface area contributed by atoms with Crippen molar-refractivity contribution in [3.8, 4) is 5.75 Å². The molecule has 1 aliphatic heterocycles. The summed E-state index contributed by atoms with van der Waals surface area (Å²) in [5.41, 5.74) is 4.33. The van der Waals surface area contributed by atoms with Gasteiger partial charge >= 0.3 is 0 Å². The fraction of sp³-hybridized carbons (Fsp3) is 0.200. The number of hydrogen-bond acceptors (Lipinski definition) is 5. The zero-order valence-electron chi connectivity index (χ0n) is 14.9. The molecule has 0 aromatic heterocycles. The minimum Gasteiger partial charge on any atom is -0.497 e. The van der Waals surface area contributed by atoms with Crippen molar-refractivity contribution < 1.29 is 14.3 Å². The van der Waals surface area contributed by atoms with Crippen LogP contribution in [0.5, 0.6) is 5.75 Å². The quantitative estimate of drug-likeness (QED) is 0.627. The van der Waals surface area contributed by atoms with E-state index in [4.69, 9.17) is 9.47 Å². The van der Waals surface area contributed by atoms with Gasteiger partial charge in [-0.1, -0.05) is 18.2 Å². The Morgan fingerprint density at radius 3 is 2.58 bits per heavy atom. The number of aliphatic imine (C=N–C) groups is 1. The fourth-order valence-electron chi connectivity index (χ4n) is 2.34. The van der Waals surface area contributed by atoms with E-state index in [1.54, 1.807) is 13.2 Å². The number of aryl methyl sites for hydroxylation is 2. The molecule has 5 nitrogen and oxygen atoms in total.